The summed E-state index contributed by atoms with van der Waals surface area (Å²) in [6, 6.07) is 1.67. The molecule has 0 aromatic carbocycles. The number of hydrogen-bond donors (Lipinski definition) is 1. The lowest BCUT2D eigenvalue weighted by atomic mass is 10.1. The fraction of sp³-hybridized carbons (Fsp3) is 1.00. The first-order valence-electron chi connectivity index (χ1n) is 4.33. The van der Waals surface area contributed by atoms with Gasteiger partial charge in [-0.05, 0) is 32.9 Å². The van der Waals surface area contributed by atoms with Crippen LogP contribution in [0.15, 0.2) is 0 Å². The molecule has 1 unspecified atom stereocenters. The number of nitrogens with one attached hydrogen (secondary N) is 1. The average Bonchev–Trinajstić information content (AvgIpc) is 2.44. The lowest BCUT2D eigenvalue weighted by Crippen LogP contribution is -2.36. The normalized spacial score (nSPS) is 40.5. The van der Waals surface area contributed by atoms with E-state index in [0.717, 1.165) is 12.1 Å². The molecule has 2 saturated heterocycles. The van der Waals surface area contributed by atoms with Crippen LogP contribution in [-0.2, 0) is 0 Å². The van der Waals surface area contributed by atoms with Crippen LogP contribution in [0.1, 0.15) is 19.3 Å². The largest absolute Gasteiger partial charge is 0.315 e. The zero-order valence-corrected chi connectivity index (χ0v) is 6.64. The molecule has 2 rings (SSSR count). The minimum atomic E-state index is 0.794. The molecule has 2 fully saturated rings. The standard InChI is InChI=1S/C8H16N2/c1-9-7-4-6-10-5-2-3-8(7)10/h7-9H,2-6H2,1H3/t7-,8?/m0/s1. The van der Waals surface area contributed by atoms with E-state index in [0.29, 0.717) is 0 Å². The van der Waals surface area contributed by atoms with E-state index in [4.69, 9.17) is 0 Å². The predicted octanol–water partition coefficient (Wildman–Crippen LogP) is 0.442. The molecule has 0 radical (unpaired) electrons. The van der Waals surface area contributed by atoms with E-state index >= 15 is 0 Å². The Morgan fingerprint density at radius 1 is 1.30 bits per heavy atom. The molecule has 58 valence electrons. The molecular formula is C8H16N2. The average molecular weight is 140 g/mol. The van der Waals surface area contributed by atoms with Gasteiger partial charge in [-0.25, -0.2) is 0 Å². The highest BCUT2D eigenvalue weighted by Crippen LogP contribution is 2.27. The van der Waals surface area contributed by atoms with Gasteiger partial charge in [0.1, 0.15) is 0 Å². The van der Waals surface area contributed by atoms with E-state index in [1.54, 1.807) is 0 Å². The number of rotatable bonds is 1. The SMILES string of the molecule is CN[C@H]1CCN2CCCC12. The Bertz CT molecular complexity index is 124. The number of hydrogen-bond acceptors (Lipinski definition) is 2. The first-order valence-corrected chi connectivity index (χ1v) is 4.33. The molecule has 2 atom stereocenters. The van der Waals surface area contributed by atoms with Crippen molar-refractivity contribution in [2.24, 2.45) is 0 Å². The maximum Gasteiger partial charge on any atom is 0.0250 e. The van der Waals surface area contributed by atoms with Gasteiger partial charge < -0.3 is 5.32 Å². The highest BCUT2D eigenvalue weighted by Gasteiger charge is 2.35. The second-order valence-electron chi connectivity index (χ2n) is 3.43. The van der Waals surface area contributed by atoms with Crippen molar-refractivity contribution in [3.8, 4) is 0 Å². The number of nitrogens with zero attached hydrogens (tertiary/aromatic N) is 1. The van der Waals surface area contributed by atoms with E-state index in [1.165, 1.54) is 32.4 Å². The summed E-state index contributed by atoms with van der Waals surface area (Å²) in [7, 11) is 2.09. The summed E-state index contributed by atoms with van der Waals surface area (Å²) >= 11 is 0. The highest BCUT2D eigenvalue weighted by atomic mass is 15.2. The van der Waals surface area contributed by atoms with Gasteiger partial charge >= 0.3 is 0 Å². The number of likely N-dealkylation sites (N-methyl/N-ethyl adjacent to an activating group) is 1. The third-order valence-electron chi connectivity index (χ3n) is 2.98. The van der Waals surface area contributed by atoms with Gasteiger partial charge in [-0.15, -0.1) is 0 Å². The smallest absolute Gasteiger partial charge is 0.0250 e. The third kappa shape index (κ3) is 0.867. The fourth-order valence-electron chi connectivity index (χ4n) is 2.42. The van der Waals surface area contributed by atoms with Crippen molar-refractivity contribution in [2.75, 3.05) is 20.1 Å². The molecule has 2 aliphatic rings. The maximum absolute atomic E-state index is 3.39. The molecule has 1 N–H and O–H groups in total. The van der Waals surface area contributed by atoms with Crippen molar-refractivity contribution in [1.82, 2.24) is 10.2 Å². The second-order valence-corrected chi connectivity index (χ2v) is 3.43. The molecule has 0 spiro atoms. The molecule has 0 aromatic rings. The fourth-order valence-corrected chi connectivity index (χ4v) is 2.42. The van der Waals surface area contributed by atoms with E-state index < -0.39 is 0 Å². The van der Waals surface area contributed by atoms with Crippen molar-refractivity contribution < 1.29 is 0 Å². The van der Waals surface area contributed by atoms with Crippen LogP contribution in [0.2, 0.25) is 0 Å². The van der Waals surface area contributed by atoms with Gasteiger partial charge in [-0.1, -0.05) is 0 Å². The Morgan fingerprint density at radius 3 is 3.00 bits per heavy atom. The molecule has 0 saturated carbocycles. The number of fused-ring (bicyclic) bond motifs is 1. The van der Waals surface area contributed by atoms with E-state index in [1.807, 2.05) is 0 Å². The molecule has 0 aliphatic carbocycles. The van der Waals surface area contributed by atoms with Crippen LogP contribution in [0.4, 0.5) is 0 Å². The lowest BCUT2D eigenvalue weighted by Gasteiger charge is -2.18. The van der Waals surface area contributed by atoms with Crippen LogP contribution in [0.3, 0.4) is 0 Å². The molecule has 2 aliphatic heterocycles. The molecule has 2 nitrogen and oxygen atoms in total. The Labute approximate surface area is 62.6 Å². The van der Waals surface area contributed by atoms with Crippen molar-refractivity contribution in [3.63, 3.8) is 0 Å². The van der Waals surface area contributed by atoms with Crippen LogP contribution >= 0.6 is 0 Å². The minimum Gasteiger partial charge on any atom is -0.315 e. The first kappa shape index (κ1) is 6.62. The van der Waals surface area contributed by atoms with Crippen LogP contribution in [0.25, 0.3) is 0 Å². The van der Waals surface area contributed by atoms with Crippen molar-refractivity contribution in [1.29, 1.82) is 0 Å². The summed E-state index contributed by atoms with van der Waals surface area (Å²) in [4.78, 5) is 2.63. The predicted molar refractivity (Wildman–Crippen MR) is 42.1 cm³/mol. The first-order chi connectivity index (χ1) is 4.92. The molecule has 10 heavy (non-hydrogen) atoms. The summed E-state index contributed by atoms with van der Waals surface area (Å²) < 4.78 is 0. The van der Waals surface area contributed by atoms with E-state index in [2.05, 4.69) is 17.3 Å². The van der Waals surface area contributed by atoms with Gasteiger partial charge in [0.2, 0.25) is 0 Å². The van der Waals surface area contributed by atoms with Gasteiger partial charge in [0, 0.05) is 18.6 Å². The monoisotopic (exact) mass is 140 g/mol. The van der Waals surface area contributed by atoms with Gasteiger partial charge in [0.15, 0.2) is 0 Å². The minimum absolute atomic E-state index is 0.794. The topological polar surface area (TPSA) is 15.3 Å². The Balaban J connectivity index is 2.01. The summed E-state index contributed by atoms with van der Waals surface area (Å²) in [6.07, 6.45) is 4.20. The molecule has 2 heteroatoms. The van der Waals surface area contributed by atoms with Gasteiger partial charge in [-0.3, -0.25) is 4.90 Å². The maximum atomic E-state index is 3.39. The van der Waals surface area contributed by atoms with Crippen LogP contribution in [-0.4, -0.2) is 37.1 Å². The summed E-state index contributed by atoms with van der Waals surface area (Å²) in [6.45, 7) is 2.68. The molecule has 0 bridgehead atoms. The van der Waals surface area contributed by atoms with Crippen molar-refractivity contribution >= 4 is 0 Å². The van der Waals surface area contributed by atoms with Crippen LogP contribution in [0, 0.1) is 0 Å². The van der Waals surface area contributed by atoms with Crippen molar-refractivity contribution in [2.45, 2.75) is 31.3 Å². The summed E-state index contributed by atoms with van der Waals surface area (Å²) in [5.74, 6) is 0. The zero-order valence-electron chi connectivity index (χ0n) is 6.64. The van der Waals surface area contributed by atoms with E-state index in [-0.39, 0.29) is 0 Å². The van der Waals surface area contributed by atoms with Gasteiger partial charge in [-0.2, -0.15) is 0 Å². The lowest BCUT2D eigenvalue weighted by molar-refractivity contribution is 0.304. The zero-order chi connectivity index (χ0) is 6.97. The van der Waals surface area contributed by atoms with Crippen molar-refractivity contribution in [3.05, 3.63) is 0 Å². The summed E-state index contributed by atoms with van der Waals surface area (Å²) in [5.41, 5.74) is 0. The Kier molecular flexibility index (Phi) is 1.66. The quantitative estimate of drug-likeness (QED) is 0.568. The third-order valence-corrected chi connectivity index (χ3v) is 2.98. The second kappa shape index (κ2) is 2.51. The van der Waals surface area contributed by atoms with Crippen LogP contribution in [0.5, 0.6) is 0 Å². The van der Waals surface area contributed by atoms with Gasteiger partial charge in [0.05, 0.1) is 0 Å². The molecule has 0 aromatic heterocycles. The molecule has 0 amide bonds. The van der Waals surface area contributed by atoms with Gasteiger partial charge in [0.25, 0.3) is 0 Å². The molecular weight excluding hydrogens is 124 g/mol. The Morgan fingerprint density at radius 2 is 2.20 bits per heavy atom. The Hall–Kier alpha value is -0.0800. The summed E-state index contributed by atoms with van der Waals surface area (Å²) in [5, 5.41) is 3.39. The molecule has 2 heterocycles. The van der Waals surface area contributed by atoms with E-state index in [9.17, 15) is 0 Å². The van der Waals surface area contributed by atoms with Crippen LogP contribution < -0.4 is 5.32 Å². The highest BCUT2D eigenvalue weighted by molar-refractivity contribution is 4.94.